The van der Waals surface area contributed by atoms with Crippen molar-refractivity contribution in [2.24, 2.45) is 0 Å². The van der Waals surface area contributed by atoms with Crippen LogP contribution in [0.4, 0.5) is 0 Å². The first-order chi connectivity index (χ1) is 40.0. The highest BCUT2D eigenvalue weighted by Crippen LogP contribution is 2.16. The quantitative estimate of drug-likeness (QED) is 0.0261. The molecule has 0 aliphatic rings. The van der Waals surface area contributed by atoms with Crippen molar-refractivity contribution in [3.05, 3.63) is 146 Å². The van der Waals surface area contributed by atoms with E-state index in [1.54, 1.807) is 0 Å². The lowest BCUT2D eigenvalue weighted by Gasteiger charge is -2.18. The van der Waals surface area contributed by atoms with Gasteiger partial charge in [-0.15, -0.1) is 0 Å². The molecule has 0 saturated heterocycles. The van der Waals surface area contributed by atoms with Crippen molar-refractivity contribution in [2.45, 2.75) is 297 Å². The Bertz CT molecular complexity index is 1760. The second-order valence-corrected chi connectivity index (χ2v) is 21.6. The van der Waals surface area contributed by atoms with Gasteiger partial charge < -0.3 is 14.2 Å². The number of ether oxygens (including phenoxy) is 3. The molecule has 0 N–H and O–H groups in total. The Morgan fingerprint density at radius 1 is 0.247 bits per heavy atom. The molecular formula is C75H122O6. The van der Waals surface area contributed by atoms with Crippen LogP contribution in [0.2, 0.25) is 0 Å². The molecule has 81 heavy (non-hydrogen) atoms. The average Bonchev–Trinajstić information content (AvgIpc) is 3.47. The Hall–Kier alpha value is -4.71. The lowest BCUT2D eigenvalue weighted by molar-refractivity contribution is -0.167. The molecule has 6 nitrogen and oxygen atoms in total. The third kappa shape index (κ3) is 66.0. The molecule has 0 aromatic rings. The maximum Gasteiger partial charge on any atom is 0.306 e. The summed E-state index contributed by atoms with van der Waals surface area (Å²) < 4.78 is 16.9. The van der Waals surface area contributed by atoms with E-state index in [-0.39, 0.29) is 37.5 Å². The maximum absolute atomic E-state index is 12.9. The minimum Gasteiger partial charge on any atom is -0.462 e. The van der Waals surface area contributed by atoms with E-state index in [9.17, 15) is 14.4 Å². The van der Waals surface area contributed by atoms with Gasteiger partial charge in [0.1, 0.15) is 13.2 Å². The number of carbonyl (C=O) groups excluding carboxylic acids is 3. The summed E-state index contributed by atoms with van der Waals surface area (Å²) in [6, 6.07) is 0. The predicted molar refractivity (Wildman–Crippen MR) is 352 cm³/mol. The van der Waals surface area contributed by atoms with Crippen molar-refractivity contribution in [2.75, 3.05) is 13.2 Å². The Kier molecular flexibility index (Phi) is 63.9. The molecule has 0 rings (SSSR count). The Labute approximate surface area is 499 Å². The molecule has 0 aliphatic heterocycles. The largest absolute Gasteiger partial charge is 0.462 e. The van der Waals surface area contributed by atoms with E-state index in [1.165, 1.54) is 103 Å². The van der Waals surface area contributed by atoms with Crippen molar-refractivity contribution in [3.63, 3.8) is 0 Å². The molecule has 0 amide bonds. The van der Waals surface area contributed by atoms with Crippen molar-refractivity contribution in [1.29, 1.82) is 0 Å². The Balaban J connectivity index is 4.30. The number of hydrogen-bond acceptors (Lipinski definition) is 6. The highest BCUT2D eigenvalue weighted by molar-refractivity contribution is 5.71. The topological polar surface area (TPSA) is 78.9 Å². The Morgan fingerprint density at radius 3 is 0.716 bits per heavy atom. The summed E-state index contributed by atoms with van der Waals surface area (Å²) >= 11 is 0. The van der Waals surface area contributed by atoms with E-state index in [0.29, 0.717) is 19.3 Å². The molecule has 458 valence electrons. The molecule has 0 bridgehead atoms. The number of unbranched alkanes of at least 4 members (excludes halogenated alkanes) is 24. The van der Waals surface area contributed by atoms with E-state index in [2.05, 4.69) is 167 Å². The highest BCUT2D eigenvalue weighted by atomic mass is 16.6. The third-order valence-electron chi connectivity index (χ3n) is 13.8. The third-order valence-corrected chi connectivity index (χ3v) is 13.8. The van der Waals surface area contributed by atoms with Gasteiger partial charge in [-0.2, -0.15) is 0 Å². The first-order valence-corrected chi connectivity index (χ1v) is 33.3. The van der Waals surface area contributed by atoms with Crippen LogP contribution in [0.25, 0.3) is 0 Å². The van der Waals surface area contributed by atoms with Crippen molar-refractivity contribution < 1.29 is 28.6 Å². The first kappa shape index (κ1) is 76.3. The van der Waals surface area contributed by atoms with E-state index in [1.807, 2.05) is 0 Å². The standard InChI is InChI=1S/C75H122O6/c1-4-7-10-13-16-19-22-25-28-30-31-32-33-34-35-36-37-38-39-40-41-42-43-45-47-50-53-56-59-62-65-68-74(77)80-71-72(70-79-73(76)67-64-61-58-55-52-49-46-27-24-21-18-15-12-9-6-3)81-75(78)69-66-63-60-57-54-51-48-44-29-26-23-20-17-14-11-8-5-2/h7-12,16-21,25-29,31-32,46,48,51-52,55,72H,4-6,13-15,22-24,30,33-45,47,49-50,53-54,56-71H2,1-3H3/b10-7-,11-8-,12-9-,19-16-,20-17-,21-18-,28-25-,29-26-,32-31-,46-27-,51-48-,55-52-. The summed E-state index contributed by atoms with van der Waals surface area (Å²) in [7, 11) is 0. The fourth-order valence-electron chi connectivity index (χ4n) is 8.95. The van der Waals surface area contributed by atoms with Crippen LogP contribution >= 0.6 is 0 Å². The molecule has 0 saturated carbocycles. The maximum atomic E-state index is 12.9. The summed E-state index contributed by atoms with van der Waals surface area (Å²) in [5, 5.41) is 0. The van der Waals surface area contributed by atoms with Gasteiger partial charge in [0.05, 0.1) is 0 Å². The zero-order valence-electron chi connectivity index (χ0n) is 52.5. The van der Waals surface area contributed by atoms with Crippen LogP contribution < -0.4 is 0 Å². The fourth-order valence-corrected chi connectivity index (χ4v) is 8.95. The molecular weight excluding hydrogens is 997 g/mol. The van der Waals surface area contributed by atoms with Crippen molar-refractivity contribution in [3.8, 4) is 0 Å². The number of hydrogen-bond donors (Lipinski definition) is 0. The second-order valence-electron chi connectivity index (χ2n) is 21.6. The molecule has 6 heteroatoms. The second kappa shape index (κ2) is 67.8. The molecule has 1 atom stereocenters. The zero-order valence-corrected chi connectivity index (χ0v) is 52.5. The van der Waals surface area contributed by atoms with Crippen LogP contribution in [0.1, 0.15) is 290 Å². The van der Waals surface area contributed by atoms with Crippen LogP contribution in [0.3, 0.4) is 0 Å². The van der Waals surface area contributed by atoms with Crippen LogP contribution in [0, 0.1) is 0 Å². The number of allylic oxidation sites excluding steroid dienone is 24. The van der Waals surface area contributed by atoms with Gasteiger partial charge in [0, 0.05) is 19.3 Å². The van der Waals surface area contributed by atoms with E-state index >= 15 is 0 Å². The lowest BCUT2D eigenvalue weighted by atomic mass is 10.0. The molecule has 0 heterocycles. The zero-order chi connectivity index (χ0) is 58.5. The van der Waals surface area contributed by atoms with Gasteiger partial charge in [-0.3, -0.25) is 14.4 Å². The molecule has 1 unspecified atom stereocenters. The van der Waals surface area contributed by atoms with Crippen LogP contribution in [0.15, 0.2) is 146 Å². The normalized spacial score (nSPS) is 13.1. The van der Waals surface area contributed by atoms with E-state index < -0.39 is 6.10 Å². The Morgan fingerprint density at radius 2 is 0.444 bits per heavy atom. The monoisotopic (exact) mass is 1120 g/mol. The summed E-state index contributed by atoms with van der Waals surface area (Å²) in [6.07, 6.45) is 97.3. The number of esters is 3. The molecule has 0 radical (unpaired) electrons. The van der Waals surface area contributed by atoms with Gasteiger partial charge in [-0.05, 0) is 135 Å². The van der Waals surface area contributed by atoms with Gasteiger partial charge in [-0.1, -0.05) is 282 Å². The van der Waals surface area contributed by atoms with E-state index in [0.717, 1.165) is 141 Å². The predicted octanol–water partition coefficient (Wildman–Crippen LogP) is 23.1. The summed E-state index contributed by atoms with van der Waals surface area (Å²) in [4.78, 5) is 38.3. The highest BCUT2D eigenvalue weighted by Gasteiger charge is 2.19. The summed E-state index contributed by atoms with van der Waals surface area (Å²) in [5.41, 5.74) is 0. The first-order valence-electron chi connectivity index (χ1n) is 33.3. The smallest absolute Gasteiger partial charge is 0.306 e. The molecule has 0 spiro atoms. The summed E-state index contributed by atoms with van der Waals surface area (Å²) in [5.74, 6) is -0.968. The van der Waals surface area contributed by atoms with Crippen molar-refractivity contribution >= 4 is 17.9 Å². The van der Waals surface area contributed by atoms with Gasteiger partial charge >= 0.3 is 17.9 Å². The lowest BCUT2D eigenvalue weighted by Crippen LogP contribution is -2.30. The van der Waals surface area contributed by atoms with Crippen LogP contribution in [-0.2, 0) is 28.6 Å². The van der Waals surface area contributed by atoms with Crippen molar-refractivity contribution in [1.82, 2.24) is 0 Å². The molecule has 0 aromatic carbocycles. The van der Waals surface area contributed by atoms with Gasteiger partial charge in [0.2, 0.25) is 0 Å². The van der Waals surface area contributed by atoms with Gasteiger partial charge in [-0.25, -0.2) is 0 Å². The van der Waals surface area contributed by atoms with Gasteiger partial charge in [0.15, 0.2) is 6.10 Å². The number of carbonyl (C=O) groups is 3. The SMILES string of the molecule is CC/C=C\C/C=C\C/C=C\C/C=C\CCCCCCCCCCCCCCCCCCCCC(=O)OCC(COC(=O)CCCC/C=C\C/C=C\C/C=C\C/C=C\CC)OC(=O)CCCCCC/C=C\C/C=C\C/C=C\C/C=C\CC. The molecule has 0 fully saturated rings. The fraction of sp³-hybridized carbons (Fsp3) is 0.640. The van der Waals surface area contributed by atoms with Gasteiger partial charge in [0.25, 0.3) is 0 Å². The minimum atomic E-state index is -0.814. The van der Waals surface area contributed by atoms with Crippen LogP contribution in [-0.4, -0.2) is 37.2 Å². The van der Waals surface area contributed by atoms with E-state index in [4.69, 9.17) is 14.2 Å². The average molecular weight is 1120 g/mol. The molecule has 0 aromatic heterocycles. The molecule has 0 aliphatic carbocycles. The number of rotatable bonds is 59. The summed E-state index contributed by atoms with van der Waals surface area (Å²) in [6.45, 7) is 6.25. The minimum absolute atomic E-state index is 0.104. The van der Waals surface area contributed by atoms with Crippen LogP contribution in [0.5, 0.6) is 0 Å².